The first-order chi connectivity index (χ1) is 11.8. The molecule has 2 aliphatic rings. The van der Waals surface area contributed by atoms with Crippen LogP contribution in [-0.4, -0.2) is 24.2 Å². The van der Waals surface area contributed by atoms with Gasteiger partial charge in [-0.25, -0.2) is 0 Å². The molecule has 0 bridgehead atoms. The van der Waals surface area contributed by atoms with Crippen LogP contribution in [0.3, 0.4) is 0 Å². The second-order valence-electron chi connectivity index (χ2n) is 6.07. The van der Waals surface area contributed by atoms with Crippen molar-refractivity contribution in [3.8, 4) is 11.8 Å². The summed E-state index contributed by atoms with van der Waals surface area (Å²) < 4.78 is 0. The average Bonchev–Trinajstić information content (AvgIpc) is 2.62. The molecule has 1 aromatic carbocycles. The number of hydrogen-bond donors (Lipinski definition) is 1. The number of piperidine rings is 1. The van der Waals surface area contributed by atoms with Gasteiger partial charge in [0.1, 0.15) is 0 Å². The number of nitrogens with one attached hydrogen (secondary N) is 1. The van der Waals surface area contributed by atoms with Crippen LogP contribution >= 0.6 is 0 Å². The first-order valence-electron chi connectivity index (χ1n) is 8.41. The number of rotatable bonds is 2. The van der Waals surface area contributed by atoms with Crippen molar-refractivity contribution in [3.63, 3.8) is 0 Å². The van der Waals surface area contributed by atoms with E-state index >= 15 is 0 Å². The molecule has 1 atom stereocenters. The van der Waals surface area contributed by atoms with Crippen molar-refractivity contribution in [2.45, 2.75) is 25.7 Å². The number of hydrazone groups is 1. The van der Waals surface area contributed by atoms with Crippen LogP contribution < -0.4 is 5.43 Å². The van der Waals surface area contributed by atoms with Crippen molar-refractivity contribution in [2.75, 3.05) is 13.1 Å². The zero-order valence-corrected chi connectivity index (χ0v) is 14.1. The molecular weight excluding hydrogens is 294 g/mol. The topological polar surface area (TPSA) is 27.6 Å². The second-order valence-corrected chi connectivity index (χ2v) is 6.07. The average molecular weight is 317 g/mol. The number of benzene rings is 1. The summed E-state index contributed by atoms with van der Waals surface area (Å²) in [4.78, 5) is 2.42. The number of hydrogen-bond acceptors (Lipinski definition) is 3. The van der Waals surface area contributed by atoms with Gasteiger partial charge < -0.3 is 4.90 Å². The highest BCUT2D eigenvalue weighted by Gasteiger charge is 2.24. The van der Waals surface area contributed by atoms with E-state index in [9.17, 15) is 0 Å². The Morgan fingerprint density at radius 1 is 1.29 bits per heavy atom. The highest BCUT2D eigenvalue weighted by molar-refractivity contribution is 5.75. The monoisotopic (exact) mass is 317 g/mol. The minimum absolute atomic E-state index is 0.554. The third-order valence-electron chi connectivity index (χ3n) is 4.52. The Hall–Kier alpha value is -2.73. The molecular formula is C21H23N3. The van der Waals surface area contributed by atoms with Crippen LogP contribution in [0.1, 0.15) is 31.2 Å². The van der Waals surface area contributed by atoms with Crippen LogP contribution in [0.5, 0.6) is 0 Å². The maximum Gasteiger partial charge on any atom is 0.0508 e. The SMILES string of the molecule is C=C1/C(C#CC)=C\N/N=C\C=C/1N1CCCC(c2ccccc2)C1. The van der Waals surface area contributed by atoms with E-state index in [0.29, 0.717) is 5.92 Å². The molecule has 2 aliphatic heterocycles. The maximum atomic E-state index is 4.29. The van der Waals surface area contributed by atoms with E-state index < -0.39 is 0 Å². The lowest BCUT2D eigenvalue weighted by molar-refractivity contribution is 0.264. The minimum atomic E-state index is 0.554. The van der Waals surface area contributed by atoms with Gasteiger partial charge in [-0.3, -0.25) is 5.43 Å². The molecule has 24 heavy (non-hydrogen) atoms. The van der Waals surface area contributed by atoms with Gasteiger partial charge in [-0.05, 0) is 31.4 Å². The van der Waals surface area contributed by atoms with Gasteiger partial charge in [0.25, 0.3) is 0 Å². The van der Waals surface area contributed by atoms with Crippen molar-refractivity contribution in [1.29, 1.82) is 0 Å². The summed E-state index contributed by atoms with van der Waals surface area (Å²) in [6, 6.07) is 10.8. The largest absolute Gasteiger partial charge is 0.370 e. The smallest absolute Gasteiger partial charge is 0.0508 e. The molecule has 3 rings (SSSR count). The van der Waals surface area contributed by atoms with E-state index in [2.05, 4.69) is 64.2 Å². The Morgan fingerprint density at radius 2 is 2.12 bits per heavy atom. The molecule has 0 aliphatic carbocycles. The molecule has 1 unspecified atom stereocenters. The summed E-state index contributed by atoms with van der Waals surface area (Å²) in [6.45, 7) is 8.17. The normalized spacial score (nSPS) is 26.5. The van der Waals surface area contributed by atoms with Crippen LogP contribution in [0.15, 0.2) is 71.1 Å². The lowest BCUT2D eigenvalue weighted by Crippen LogP contribution is -2.34. The predicted octanol–water partition coefficient (Wildman–Crippen LogP) is 3.80. The van der Waals surface area contributed by atoms with E-state index in [1.54, 1.807) is 6.21 Å². The Bertz CT molecular complexity index is 744. The van der Waals surface area contributed by atoms with Crippen LogP contribution in [0, 0.1) is 11.8 Å². The summed E-state index contributed by atoms with van der Waals surface area (Å²) in [6.07, 6.45) is 8.05. The van der Waals surface area contributed by atoms with E-state index in [1.807, 2.05) is 19.2 Å². The molecule has 3 heteroatoms. The lowest BCUT2D eigenvalue weighted by atomic mass is 9.89. The summed E-state index contributed by atoms with van der Waals surface area (Å²) in [7, 11) is 0. The van der Waals surface area contributed by atoms with E-state index in [0.717, 1.165) is 29.9 Å². The standard InChI is InChI=1S/C21H23N3/c1-3-8-19-15-23-22-13-12-21(17(19)2)24-14-7-11-20(16-24)18-9-5-4-6-10-18/h4-6,9-10,12-13,15,20,23H,2,7,11,14,16H2,1H3/b19-15-,21-12+,22-13-. The van der Waals surface area contributed by atoms with Crippen molar-refractivity contribution < 1.29 is 0 Å². The molecule has 0 aromatic heterocycles. The van der Waals surface area contributed by atoms with E-state index in [1.165, 1.54) is 18.4 Å². The minimum Gasteiger partial charge on any atom is -0.370 e. The number of nitrogens with zero attached hydrogens (tertiary/aromatic N) is 2. The third-order valence-corrected chi connectivity index (χ3v) is 4.52. The summed E-state index contributed by atoms with van der Waals surface area (Å²) in [5.41, 5.74) is 7.27. The summed E-state index contributed by atoms with van der Waals surface area (Å²) in [5, 5.41) is 4.16. The zero-order chi connectivity index (χ0) is 16.8. The van der Waals surface area contributed by atoms with Gasteiger partial charge in [0.2, 0.25) is 0 Å². The molecule has 1 aromatic rings. The van der Waals surface area contributed by atoms with Crippen molar-refractivity contribution >= 4 is 6.21 Å². The molecule has 0 radical (unpaired) electrons. The molecule has 0 amide bonds. The first-order valence-corrected chi connectivity index (χ1v) is 8.41. The first kappa shape index (κ1) is 16.1. The third kappa shape index (κ3) is 3.60. The molecule has 1 fully saturated rings. The summed E-state index contributed by atoms with van der Waals surface area (Å²) in [5.74, 6) is 6.63. The predicted molar refractivity (Wildman–Crippen MR) is 100 cm³/mol. The van der Waals surface area contributed by atoms with Crippen molar-refractivity contribution in [3.05, 3.63) is 71.6 Å². The van der Waals surface area contributed by atoms with Crippen LogP contribution in [0.4, 0.5) is 0 Å². The molecule has 1 N–H and O–H groups in total. The maximum absolute atomic E-state index is 4.29. The van der Waals surface area contributed by atoms with Crippen LogP contribution in [-0.2, 0) is 0 Å². The Morgan fingerprint density at radius 3 is 2.92 bits per heavy atom. The molecule has 1 saturated heterocycles. The van der Waals surface area contributed by atoms with Crippen molar-refractivity contribution in [2.24, 2.45) is 5.10 Å². The van der Waals surface area contributed by atoms with E-state index in [-0.39, 0.29) is 0 Å². The van der Waals surface area contributed by atoms with Gasteiger partial charge in [-0.2, -0.15) is 5.10 Å². The fraction of sp³-hybridized carbons (Fsp3) is 0.286. The summed E-state index contributed by atoms with van der Waals surface area (Å²) >= 11 is 0. The van der Waals surface area contributed by atoms with Gasteiger partial charge in [0.15, 0.2) is 0 Å². The fourth-order valence-electron chi connectivity index (χ4n) is 3.31. The number of likely N-dealkylation sites (tertiary alicyclic amines) is 1. The van der Waals surface area contributed by atoms with Crippen LogP contribution in [0.2, 0.25) is 0 Å². The van der Waals surface area contributed by atoms with Gasteiger partial charge in [0, 0.05) is 42.7 Å². The van der Waals surface area contributed by atoms with Gasteiger partial charge in [-0.15, -0.1) is 5.92 Å². The van der Waals surface area contributed by atoms with Gasteiger partial charge in [0.05, 0.1) is 5.57 Å². The van der Waals surface area contributed by atoms with Crippen LogP contribution in [0.25, 0.3) is 0 Å². The van der Waals surface area contributed by atoms with E-state index in [4.69, 9.17) is 0 Å². The number of allylic oxidation sites excluding steroid dienone is 2. The highest BCUT2D eigenvalue weighted by Crippen LogP contribution is 2.31. The quantitative estimate of drug-likeness (QED) is 0.840. The Labute approximate surface area is 144 Å². The second kappa shape index (κ2) is 7.70. The molecule has 2 heterocycles. The molecule has 0 saturated carbocycles. The Balaban J connectivity index is 1.84. The van der Waals surface area contributed by atoms with Gasteiger partial charge >= 0.3 is 0 Å². The molecule has 3 nitrogen and oxygen atoms in total. The highest BCUT2D eigenvalue weighted by atomic mass is 15.3. The lowest BCUT2D eigenvalue weighted by Gasteiger charge is -2.37. The zero-order valence-electron chi connectivity index (χ0n) is 14.1. The van der Waals surface area contributed by atoms with Gasteiger partial charge in [-0.1, -0.05) is 42.8 Å². The van der Waals surface area contributed by atoms with Crippen molar-refractivity contribution in [1.82, 2.24) is 10.3 Å². The molecule has 122 valence electrons. The molecule has 0 spiro atoms. The Kier molecular flexibility index (Phi) is 5.18. The fourth-order valence-corrected chi connectivity index (χ4v) is 3.31.